The second-order valence-corrected chi connectivity index (χ2v) is 5.11. The molecule has 3 nitrogen and oxygen atoms in total. The maximum absolute atomic E-state index is 12.1. The fraction of sp³-hybridized carbons (Fsp3) is 0.235. The minimum absolute atomic E-state index is 0.0110. The van der Waals surface area contributed by atoms with Gasteiger partial charge in [0.25, 0.3) is 0 Å². The Labute approximate surface area is 118 Å². The van der Waals surface area contributed by atoms with Gasteiger partial charge >= 0.3 is 0 Å². The number of amides is 1. The van der Waals surface area contributed by atoms with Gasteiger partial charge in [0.15, 0.2) is 0 Å². The van der Waals surface area contributed by atoms with Crippen molar-refractivity contribution in [1.82, 2.24) is 5.48 Å². The molecule has 2 aromatic carbocycles. The molecule has 1 aliphatic carbocycles. The van der Waals surface area contributed by atoms with Gasteiger partial charge in [-0.1, -0.05) is 54.6 Å². The van der Waals surface area contributed by atoms with Crippen molar-refractivity contribution in [2.75, 3.05) is 0 Å². The molecule has 0 radical (unpaired) electrons. The van der Waals surface area contributed by atoms with E-state index in [1.165, 1.54) is 11.1 Å². The van der Waals surface area contributed by atoms with Gasteiger partial charge in [0, 0.05) is 5.92 Å². The van der Waals surface area contributed by atoms with Crippen LogP contribution in [0.4, 0.5) is 0 Å². The van der Waals surface area contributed by atoms with Crippen molar-refractivity contribution in [2.45, 2.75) is 19.4 Å². The van der Waals surface area contributed by atoms with E-state index in [-0.39, 0.29) is 11.8 Å². The predicted molar refractivity (Wildman–Crippen MR) is 76.7 cm³/mol. The number of rotatable bonds is 4. The summed E-state index contributed by atoms with van der Waals surface area (Å²) in [6.07, 6.45) is 1.60. The van der Waals surface area contributed by atoms with Crippen LogP contribution in [-0.2, 0) is 29.1 Å². The highest BCUT2D eigenvalue weighted by molar-refractivity contribution is 5.79. The molecular weight excluding hydrogens is 250 g/mol. The first-order valence-electron chi connectivity index (χ1n) is 6.85. The predicted octanol–water partition coefficient (Wildman–Crippen LogP) is 2.65. The zero-order chi connectivity index (χ0) is 13.8. The Balaban J connectivity index is 1.49. The average Bonchev–Trinajstić information content (AvgIpc) is 2.92. The largest absolute Gasteiger partial charge is 0.272 e. The van der Waals surface area contributed by atoms with E-state index in [0.29, 0.717) is 6.61 Å². The van der Waals surface area contributed by atoms with Gasteiger partial charge in [-0.05, 0) is 29.5 Å². The lowest BCUT2D eigenvalue weighted by Crippen LogP contribution is -2.31. The lowest BCUT2D eigenvalue weighted by molar-refractivity contribution is -0.138. The van der Waals surface area contributed by atoms with E-state index >= 15 is 0 Å². The van der Waals surface area contributed by atoms with E-state index in [1.54, 1.807) is 0 Å². The summed E-state index contributed by atoms with van der Waals surface area (Å²) in [6.45, 7) is 0.395. The summed E-state index contributed by atoms with van der Waals surface area (Å²) in [5.41, 5.74) is 6.16. The molecular formula is C17H17NO2. The van der Waals surface area contributed by atoms with Gasteiger partial charge in [0.2, 0.25) is 5.91 Å². The average molecular weight is 267 g/mol. The van der Waals surface area contributed by atoms with Gasteiger partial charge in [0.05, 0.1) is 6.61 Å². The maximum atomic E-state index is 12.1. The summed E-state index contributed by atoms with van der Waals surface area (Å²) in [6, 6.07) is 18.0. The van der Waals surface area contributed by atoms with Gasteiger partial charge in [-0.3, -0.25) is 9.63 Å². The number of hydroxylamine groups is 1. The Morgan fingerprint density at radius 1 is 1.00 bits per heavy atom. The van der Waals surface area contributed by atoms with Gasteiger partial charge in [0.1, 0.15) is 0 Å². The molecule has 3 rings (SSSR count). The van der Waals surface area contributed by atoms with Gasteiger partial charge in [-0.25, -0.2) is 5.48 Å². The molecule has 0 bridgehead atoms. The molecule has 2 aromatic rings. The van der Waals surface area contributed by atoms with Crippen LogP contribution < -0.4 is 5.48 Å². The molecule has 0 heterocycles. The third-order valence-electron chi connectivity index (χ3n) is 3.68. The van der Waals surface area contributed by atoms with E-state index in [2.05, 4.69) is 17.6 Å². The normalized spacial score (nSPS) is 14.0. The Hall–Kier alpha value is -2.13. The van der Waals surface area contributed by atoms with Crippen LogP contribution in [0.5, 0.6) is 0 Å². The molecule has 1 amide bonds. The van der Waals surface area contributed by atoms with Crippen LogP contribution in [-0.4, -0.2) is 5.91 Å². The Morgan fingerprint density at radius 2 is 1.60 bits per heavy atom. The summed E-state index contributed by atoms with van der Waals surface area (Å²) in [4.78, 5) is 17.4. The molecule has 3 heteroatoms. The van der Waals surface area contributed by atoms with E-state index in [0.717, 1.165) is 18.4 Å². The molecule has 102 valence electrons. The number of carbonyl (C=O) groups excluding carboxylic acids is 1. The second-order valence-electron chi connectivity index (χ2n) is 5.11. The number of nitrogens with one attached hydrogen (secondary N) is 1. The van der Waals surface area contributed by atoms with Gasteiger partial charge in [-0.15, -0.1) is 0 Å². The third-order valence-corrected chi connectivity index (χ3v) is 3.68. The van der Waals surface area contributed by atoms with Crippen LogP contribution in [0, 0.1) is 5.92 Å². The molecule has 0 atom stereocenters. The third kappa shape index (κ3) is 2.89. The van der Waals surface area contributed by atoms with E-state index < -0.39 is 0 Å². The molecule has 0 spiro atoms. The molecule has 0 unspecified atom stereocenters. The topological polar surface area (TPSA) is 38.3 Å². The van der Waals surface area contributed by atoms with E-state index in [9.17, 15) is 4.79 Å². The monoisotopic (exact) mass is 267 g/mol. The number of carbonyl (C=O) groups is 1. The zero-order valence-electron chi connectivity index (χ0n) is 11.2. The number of hydrogen-bond acceptors (Lipinski definition) is 2. The van der Waals surface area contributed by atoms with Crippen molar-refractivity contribution in [1.29, 1.82) is 0 Å². The Morgan fingerprint density at radius 3 is 2.25 bits per heavy atom. The minimum Gasteiger partial charge on any atom is -0.272 e. The molecule has 0 aromatic heterocycles. The summed E-state index contributed by atoms with van der Waals surface area (Å²) >= 11 is 0. The van der Waals surface area contributed by atoms with Crippen LogP contribution in [0.1, 0.15) is 16.7 Å². The first-order valence-corrected chi connectivity index (χ1v) is 6.85. The lowest BCUT2D eigenvalue weighted by Gasteiger charge is -2.10. The SMILES string of the molecule is O=C(NOCc1ccccc1)C1Cc2ccccc2C1. The minimum atomic E-state index is -0.0304. The molecule has 1 aliphatic rings. The highest BCUT2D eigenvalue weighted by Gasteiger charge is 2.27. The molecule has 0 saturated heterocycles. The number of benzene rings is 2. The molecule has 0 fully saturated rings. The standard InChI is InChI=1S/C17H17NO2/c19-17(18-20-12-13-6-2-1-3-7-13)16-10-14-8-4-5-9-15(14)11-16/h1-9,16H,10-12H2,(H,18,19). The first-order chi connectivity index (χ1) is 9.83. The molecule has 20 heavy (non-hydrogen) atoms. The highest BCUT2D eigenvalue weighted by atomic mass is 16.6. The fourth-order valence-electron chi connectivity index (χ4n) is 2.59. The van der Waals surface area contributed by atoms with Crippen LogP contribution in [0.15, 0.2) is 54.6 Å². The van der Waals surface area contributed by atoms with Gasteiger partial charge in [-0.2, -0.15) is 0 Å². The number of fused-ring (bicyclic) bond motifs is 1. The van der Waals surface area contributed by atoms with Crippen LogP contribution in [0.25, 0.3) is 0 Å². The van der Waals surface area contributed by atoms with Crippen molar-refractivity contribution in [3.8, 4) is 0 Å². The lowest BCUT2D eigenvalue weighted by atomic mass is 10.1. The Kier molecular flexibility index (Phi) is 3.79. The van der Waals surface area contributed by atoms with E-state index in [1.807, 2.05) is 42.5 Å². The van der Waals surface area contributed by atoms with Gasteiger partial charge < -0.3 is 0 Å². The van der Waals surface area contributed by atoms with Crippen LogP contribution in [0.2, 0.25) is 0 Å². The second kappa shape index (κ2) is 5.88. The smallest absolute Gasteiger partial charge is 0.247 e. The van der Waals surface area contributed by atoms with Crippen molar-refractivity contribution in [3.63, 3.8) is 0 Å². The highest BCUT2D eigenvalue weighted by Crippen LogP contribution is 2.26. The van der Waals surface area contributed by atoms with E-state index in [4.69, 9.17) is 4.84 Å². The van der Waals surface area contributed by atoms with Crippen molar-refractivity contribution >= 4 is 5.91 Å². The first kappa shape index (κ1) is 12.9. The zero-order valence-corrected chi connectivity index (χ0v) is 11.2. The maximum Gasteiger partial charge on any atom is 0.247 e. The summed E-state index contributed by atoms with van der Waals surface area (Å²) in [5, 5.41) is 0. The molecule has 0 aliphatic heterocycles. The Bertz CT molecular complexity index is 570. The summed E-state index contributed by atoms with van der Waals surface area (Å²) in [5.74, 6) is -0.0414. The summed E-state index contributed by atoms with van der Waals surface area (Å²) < 4.78 is 0. The number of hydrogen-bond donors (Lipinski definition) is 1. The van der Waals surface area contributed by atoms with Crippen molar-refractivity contribution in [2.24, 2.45) is 5.92 Å². The summed E-state index contributed by atoms with van der Waals surface area (Å²) in [7, 11) is 0. The van der Waals surface area contributed by atoms with Crippen LogP contribution >= 0.6 is 0 Å². The fourth-order valence-corrected chi connectivity index (χ4v) is 2.59. The van der Waals surface area contributed by atoms with Crippen LogP contribution in [0.3, 0.4) is 0 Å². The quantitative estimate of drug-likeness (QED) is 0.865. The van der Waals surface area contributed by atoms with Crippen molar-refractivity contribution < 1.29 is 9.63 Å². The molecule has 1 N–H and O–H groups in total. The van der Waals surface area contributed by atoms with Crippen molar-refractivity contribution in [3.05, 3.63) is 71.3 Å². The molecule has 0 saturated carbocycles.